The average Bonchev–Trinajstić information content (AvgIpc) is 3.22. The Labute approximate surface area is 177 Å². The van der Waals surface area contributed by atoms with Crippen molar-refractivity contribution in [3.8, 4) is 5.69 Å². The van der Waals surface area contributed by atoms with Gasteiger partial charge in [-0.2, -0.15) is 0 Å². The predicted molar refractivity (Wildman–Crippen MR) is 116 cm³/mol. The molecule has 4 aromatic rings. The highest BCUT2D eigenvalue weighted by Crippen LogP contribution is 2.31. The second-order valence-electron chi connectivity index (χ2n) is 6.98. The Hall–Kier alpha value is -2.97. The third-order valence-corrected chi connectivity index (χ3v) is 6.01. The maximum Gasteiger partial charge on any atom is 0.232 e. The van der Waals surface area contributed by atoms with Crippen LogP contribution >= 0.6 is 11.8 Å². The van der Waals surface area contributed by atoms with Gasteiger partial charge in [0.15, 0.2) is 5.16 Å². The smallest absolute Gasteiger partial charge is 0.232 e. The van der Waals surface area contributed by atoms with Gasteiger partial charge >= 0.3 is 0 Å². The van der Waals surface area contributed by atoms with Crippen LogP contribution < -0.4 is 4.90 Å². The first-order chi connectivity index (χ1) is 14.8. The van der Waals surface area contributed by atoms with Gasteiger partial charge in [0, 0.05) is 30.4 Å². The quantitative estimate of drug-likeness (QED) is 0.453. The van der Waals surface area contributed by atoms with Crippen molar-refractivity contribution in [2.24, 2.45) is 0 Å². The van der Waals surface area contributed by atoms with Crippen molar-refractivity contribution < 1.29 is 9.13 Å². The number of morpholine rings is 1. The van der Waals surface area contributed by atoms with Gasteiger partial charge in [0.25, 0.3) is 0 Å². The van der Waals surface area contributed by atoms with Crippen LogP contribution in [-0.2, 0) is 10.5 Å². The van der Waals surface area contributed by atoms with E-state index in [4.69, 9.17) is 4.74 Å². The molecule has 0 N–H and O–H groups in total. The molecule has 6 nitrogen and oxygen atoms in total. The first-order valence-electron chi connectivity index (χ1n) is 9.79. The zero-order chi connectivity index (χ0) is 20.3. The van der Waals surface area contributed by atoms with Crippen LogP contribution in [0.3, 0.4) is 0 Å². The summed E-state index contributed by atoms with van der Waals surface area (Å²) in [6.07, 6.45) is 1.73. The van der Waals surface area contributed by atoms with Crippen molar-refractivity contribution in [3.05, 3.63) is 72.2 Å². The summed E-state index contributed by atoms with van der Waals surface area (Å²) in [5.74, 6) is 1.08. The van der Waals surface area contributed by atoms with E-state index in [1.165, 1.54) is 17.8 Å². The monoisotopic (exact) mass is 421 g/mol. The highest BCUT2D eigenvalue weighted by atomic mass is 32.2. The predicted octanol–water partition coefficient (Wildman–Crippen LogP) is 4.08. The minimum Gasteiger partial charge on any atom is -0.378 e. The lowest BCUT2D eigenvalue weighted by Crippen LogP contribution is -2.37. The van der Waals surface area contributed by atoms with Crippen molar-refractivity contribution in [3.63, 3.8) is 0 Å². The lowest BCUT2D eigenvalue weighted by Gasteiger charge is -2.27. The molecule has 0 amide bonds. The molecule has 1 aliphatic rings. The minimum atomic E-state index is -0.260. The molecule has 1 fully saturated rings. The lowest BCUT2D eigenvalue weighted by atomic mass is 10.1. The molecule has 30 heavy (non-hydrogen) atoms. The summed E-state index contributed by atoms with van der Waals surface area (Å²) in [6, 6.07) is 16.8. The van der Waals surface area contributed by atoms with Gasteiger partial charge in [-0.15, -0.1) is 10.2 Å². The largest absolute Gasteiger partial charge is 0.378 e. The molecule has 8 heteroatoms. The van der Waals surface area contributed by atoms with E-state index in [0.29, 0.717) is 19.0 Å². The number of pyridine rings is 1. The van der Waals surface area contributed by atoms with E-state index < -0.39 is 0 Å². The first-order valence-corrected chi connectivity index (χ1v) is 10.8. The summed E-state index contributed by atoms with van der Waals surface area (Å²) >= 11 is 1.53. The summed E-state index contributed by atoms with van der Waals surface area (Å²) in [5, 5.41) is 10.5. The molecular weight excluding hydrogens is 401 g/mol. The molecular formula is C22H20FN5OS. The molecule has 0 atom stereocenters. The number of benzene rings is 2. The van der Waals surface area contributed by atoms with Crippen molar-refractivity contribution >= 4 is 28.6 Å². The number of para-hydroxylation sites is 1. The Balaban J connectivity index is 1.50. The number of halogens is 1. The Morgan fingerprint density at radius 2 is 1.83 bits per heavy atom. The third-order valence-electron chi connectivity index (χ3n) is 5.03. The highest BCUT2D eigenvalue weighted by Gasteiger charge is 2.22. The molecule has 0 aliphatic carbocycles. The second-order valence-corrected chi connectivity index (χ2v) is 7.92. The number of fused-ring (bicyclic) bond motifs is 1. The van der Waals surface area contributed by atoms with Gasteiger partial charge in [-0.25, -0.2) is 4.39 Å². The van der Waals surface area contributed by atoms with Crippen LogP contribution in [-0.4, -0.2) is 46.1 Å². The summed E-state index contributed by atoms with van der Waals surface area (Å²) < 4.78 is 21.7. The van der Waals surface area contributed by atoms with E-state index in [0.717, 1.165) is 46.3 Å². The van der Waals surface area contributed by atoms with Crippen LogP contribution in [0.25, 0.3) is 16.6 Å². The van der Waals surface area contributed by atoms with Crippen LogP contribution in [0.4, 0.5) is 10.3 Å². The van der Waals surface area contributed by atoms with Crippen LogP contribution in [0, 0.1) is 5.82 Å². The lowest BCUT2D eigenvalue weighted by molar-refractivity contribution is 0.122. The summed E-state index contributed by atoms with van der Waals surface area (Å²) in [6.45, 7) is 2.89. The van der Waals surface area contributed by atoms with Gasteiger partial charge in [0.05, 0.1) is 24.4 Å². The number of rotatable bonds is 5. The number of thioether (sulfide) groups is 1. The van der Waals surface area contributed by atoms with Crippen molar-refractivity contribution in [2.75, 3.05) is 31.2 Å². The van der Waals surface area contributed by atoms with Crippen LogP contribution in [0.2, 0.25) is 0 Å². The van der Waals surface area contributed by atoms with E-state index in [2.05, 4.69) is 24.6 Å². The van der Waals surface area contributed by atoms with Gasteiger partial charge in [-0.1, -0.05) is 36.0 Å². The normalized spacial score (nSPS) is 14.4. The maximum atomic E-state index is 14.1. The standard InChI is InChI=1S/C22H20FN5OS/c23-18-13-16-5-4-8-24-20(16)17(14-18)15-30-22-26-25-21(27-9-11-29-12-10-27)28(22)19-6-2-1-3-7-19/h1-8,13-14H,9-12,15H2. The fourth-order valence-electron chi connectivity index (χ4n) is 3.61. The third kappa shape index (κ3) is 3.76. The molecule has 2 aromatic carbocycles. The minimum absolute atomic E-state index is 0.260. The van der Waals surface area contributed by atoms with Gasteiger partial charge in [-0.05, 0) is 35.9 Å². The molecule has 1 saturated heterocycles. The Kier molecular flexibility index (Phi) is 5.33. The van der Waals surface area contributed by atoms with E-state index >= 15 is 0 Å². The van der Waals surface area contributed by atoms with E-state index in [9.17, 15) is 4.39 Å². The molecule has 0 spiro atoms. The zero-order valence-corrected chi connectivity index (χ0v) is 17.1. The van der Waals surface area contributed by atoms with E-state index in [-0.39, 0.29) is 5.82 Å². The second kappa shape index (κ2) is 8.41. The van der Waals surface area contributed by atoms with Crippen molar-refractivity contribution in [2.45, 2.75) is 10.9 Å². The van der Waals surface area contributed by atoms with Crippen molar-refractivity contribution in [1.82, 2.24) is 19.7 Å². The summed E-state index contributed by atoms with van der Waals surface area (Å²) in [5.41, 5.74) is 2.64. The first kappa shape index (κ1) is 19.0. The molecule has 1 aliphatic heterocycles. The SMILES string of the molecule is Fc1cc(CSc2nnc(N3CCOCC3)n2-c2ccccc2)c2ncccc2c1. The molecule has 0 saturated carbocycles. The molecule has 152 valence electrons. The number of hydrogen-bond acceptors (Lipinski definition) is 6. The maximum absolute atomic E-state index is 14.1. The Bertz CT molecular complexity index is 1160. The number of nitrogens with zero attached hydrogens (tertiary/aromatic N) is 5. The van der Waals surface area contributed by atoms with E-state index in [1.54, 1.807) is 12.3 Å². The fourth-order valence-corrected chi connectivity index (χ4v) is 4.53. The highest BCUT2D eigenvalue weighted by molar-refractivity contribution is 7.98. The zero-order valence-electron chi connectivity index (χ0n) is 16.2. The van der Waals surface area contributed by atoms with Crippen LogP contribution in [0.5, 0.6) is 0 Å². The molecule has 3 heterocycles. The van der Waals surface area contributed by atoms with Gasteiger partial charge in [0.2, 0.25) is 5.95 Å². The fraction of sp³-hybridized carbons (Fsp3) is 0.227. The Morgan fingerprint density at radius 3 is 2.67 bits per heavy atom. The topological polar surface area (TPSA) is 56.1 Å². The van der Waals surface area contributed by atoms with E-state index in [1.807, 2.05) is 42.5 Å². The summed E-state index contributed by atoms with van der Waals surface area (Å²) in [4.78, 5) is 6.64. The van der Waals surface area contributed by atoms with Crippen LogP contribution in [0.1, 0.15) is 5.56 Å². The number of hydrogen-bond donors (Lipinski definition) is 0. The number of aromatic nitrogens is 4. The molecule has 0 unspecified atom stereocenters. The Morgan fingerprint density at radius 1 is 1.00 bits per heavy atom. The summed E-state index contributed by atoms with van der Waals surface area (Å²) in [7, 11) is 0. The molecule has 0 bridgehead atoms. The van der Waals surface area contributed by atoms with Crippen LogP contribution in [0.15, 0.2) is 66.0 Å². The molecule has 5 rings (SSSR count). The van der Waals surface area contributed by atoms with Crippen molar-refractivity contribution in [1.29, 1.82) is 0 Å². The van der Waals surface area contributed by atoms with Gasteiger partial charge in [-0.3, -0.25) is 9.55 Å². The molecule has 2 aromatic heterocycles. The number of ether oxygens (including phenoxy) is 1. The van der Waals surface area contributed by atoms with Gasteiger partial charge in [0.1, 0.15) is 5.82 Å². The average molecular weight is 422 g/mol. The number of anilines is 1. The van der Waals surface area contributed by atoms with Gasteiger partial charge < -0.3 is 9.64 Å². The molecule has 0 radical (unpaired) electrons.